The molecule has 0 aromatic carbocycles. The van der Waals surface area contributed by atoms with Crippen molar-refractivity contribution in [3.63, 3.8) is 0 Å². The number of rotatable bonds is 0. The zero-order valence-electron chi connectivity index (χ0n) is 3.07. The Kier molecular flexibility index (Phi) is 4.43. The van der Waals surface area contributed by atoms with Gasteiger partial charge in [0.05, 0.1) is 12.5 Å². The zero-order valence-corrected chi connectivity index (χ0v) is 4.55. The average molecular weight is 152 g/mol. The summed E-state index contributed by atoms with van der Waals surface area (Å²) in [6, 6.07) is 3.67. The van der Waals surface area contributed by atoms with E-state index in [-0.39, 0.29) is 45.5 Å². The second kappa shape index (κ2) is 3.93. The molecule has 1 rings (SSSR count). The van der Waals surface area contributed by atoms with Crippen molar-refractivity contribution in [3.05, 3.63) is 24.7 Å². The summed E-state index contributed by atoms with van der Waals surface area (Å²) in [7, 11) is 0. The molecule has 0 aliphatic rings. The van der Waals surface area contributed by atoms with Crippen molar-refractivity contribution in [1.82, 2.24) is 0 Å². The molecule has 0 unspecified atom stereocenters. The third-order valence-corrected chi connectivity index (χ3v) is 0.425. The van der Waals surface area contributed by atoms with Gasteiger partial charge in [0.15, 0.2) is 0 Å². The van der Waals surface area contributed by atoms with Crippen LogP contribution in [0.15, 0.2) is 29.1 Å². The molecule has 0 fully saturated rings. The van der Waals surface area contributed by atoms with Crippen molar-refractivity contribution in [3.8, 4) is 0 Å². The largest absolute Gasteiger partial charge is 0.473 e. The van der Waals surface area contributed by atoms with Crippen LogP contribution in [0, 0.1) is 45.5 Å². The van der Waals surface area contributed by atoms with Gasteiger partial charge in [-0.3, -0.25) is 0 Å². The standard InChI is InChI=1S/C4H4O.Kr/c1-2-4-5-3-1;/h1-4H;. The van der Waals surface area contributed by atoms with E-state index in [0.717, 1.165) is 0 Å². The van der Waals surface area contributed by atoms with Crippen LogP contribution in [0.4, 0.5) is 0 Å². The first-order valence-corrected chi connectivity index (χ1v) is 1.47. The monoisotopic (exact) mass is 152 g/mol. The molecule has 6 heavy (non-hydrogen) atoms. The molecule has 0 N–H and O–H groups in total. The maximum atomic E-state index is 4.58. The Labute approximate surface area is 73.6 Å². The Balaban J connectivity index is 0.000000250. The molecule has 0 saturated carbocycles. The molecule has 1 aromatic heterocycles. The molecule has 0 amide bonds. The molecule has 0 atom stereocenters. The molecule has 0 aliphatic heterocycles. The Morgan fingerprint density at radius 3 is 1.67 bits per heavy atom. The van der Waals surface area contributed by atoms with Gasteiger partial charge >= 0.3 is 0 Å². The minimum Gasteiger partial charge on any atom is -0.473 e. The second-order valence-electron chi connectivity index (χ2n) is 0.793. The van der Waals surface area contributed by atoms with Crippen LogP contribution in [0.5, 0.6) is 0 Å². The topological polar surface area (TPSA) is 13.1 Å². The first-order valence-electron chi connectivity index (χ1n) is 1.47. The van der Waals surface area contributed by atoms with E-state index in [0.29, 0.717) is 0 Å². The van der Waals surface area contributed by atoms with Crippen molar-refractivity contribution >= 4 is 0 Å². The quantitative estimate of drug-likeness (QED) is 0.545. The van der Waals surface area contributed by atoms with Crippen molar-refractivity contribution in [2.75, 3.05) is 0 Å². The van der Waals surface area contributed by atoms with Crippen LogP contribution in [-0.4, -0.2) is 0 Å². The van der Waals surface area contributed by atoms with E-state index in [2.05, 4.69) is 4.42 Å². The van der Waals surface area contributed by atoms with Crippen molar-refractivity contribution in [1.29, 1.82) is 0 Å². The number of hydrogen-bond donors (Lipinski definition) is 0. The van der Waals surface area contributed by atoms with Gasteiger partial charge in [0.2, 0.25) is 0 Å². The van der Waals surface area contributed by atoms with Gasteiger partial charge in [-0.1, -0.05) is 0 Å². The predicted molar refractivity (Wildman–Crippen MR) is 18.7 cm³/mol. The molecular weight excluding hydrogens is 148 g/mol. The van der Waals surface area contributed by atoms with Crippen molar-refractivity contribution in [2.45, 2.75) is 0 Å². The van der Waals surface area contributed by atoms with E-state index in [9.17, 15) is 0 Å². The predicted octanol–water partition coefficient (Wildman–Crippen LogP) is 1.28. The van der Waals surface area contributed by atoms with Gasteiger partial charge in [0.25, 0.3) is 0 Å². The first-order chi connectivity index (χ1) is 2.50. The fraction of sp³-hybridized carbons (Fsp3) is 0. The van der Waals surface area contributed by atoms with E-state index in [1.54, 1.807) is 12.5 Å². The van der Waals surface area contributed by atoms with Gasteiger partial charge in [-0.05, 0) is 12.1 Å². The summed E-state index contributed by atoms with van der Waals surface area (Å²) < 4.78 is 4.58. The minimum absolute atomic E-state index is 0. The van der Waals surface area contributed by atoms with Gasteiger partial charge in [0, 0.05) is 45.5 Å². The van der Waals surface area contributed by atoms with Gasteiger partial charge in [-0.15, -0.1) is 0 Å². The van der Waals surface area contributed by atoms with Crippen LogP contribution >= 0.6 is 0 Å². The summed E-state index contributed by atoms with van der Waals surface area (Å²) >= 11 is 0. The van der Waals surface area contributed by atoms with Crippen LogP contribution in [0.1, 0.15) is 0 Å². The maximum Gasteiger partial charge on any atom is 0.0902 e. The normalized spacial score (nSPS) is 6.67. The Bertz CT molecular complexity index is 64.0. The Hall–Kier alpha value is 0.761. The summed E-state index contributed by atoms with van der Waals surface area (Å²) in [5.74, 6) is 0. The zero-order chi connectivity index (χ0) is 3.54. The van der Waals surface area contributed by atoms with Crippen LogP contribution in [0.3, 0.4) is 0 Å². The van der Waals surface area contributed by atoms with Crippen molar-refractivity contribution in [2.24, 2.45) is 0 Å². The van der Waals surface area contributed by atoms with E-state index in [1.807, 2.05) is 12.1 Å². The van der Waals surface area contributed by atoms with Crippen LogP contribution in [0.25, 0.3) is 0 Å². The van der Waals surface area contributed by atoms with Crippen LogP contribution < -0.4 is 0 Å². The SMILES string of the molecule is [Kr].c1ccoc1. The van der Waals surface area contributed by atoms with Gasteiger partial charge in [-0.2, -0.15) is 0 Å². The average Bonchev–Trinajstić information content (AvgIpc) is 1.76. The third-order valence-electron chi connectivity index (χ3n) is 0.425. The van der Waals surface area contributed by atoms with E-state index >= 15 is 0 Å². The number of furan rings is 1. The molecule has 1 aromatic rings. The van der Waals surface area contributed by atoms with E-state index in [4.69, 9.17) is 0 Å². The summed E-state index contributed by atoms with van der Waals surface area (Å²) in [6.07, 6.45) is 3.25. The van der Waals surface area contributed by atoms with Crippen molar-refractivity contribution < 1.29 is 49.9 Å². The minimum atomic E-state index is 0. The van der Waals surface area contributed by atoms with Crippen LogP contribution in [0.2, 0.25) is 0 Å². The summed E-state index contributed by atoms with van der Waals surface area (Å²) in [6.45, 7) is 0. The fourth-order valence-electron chi connectivity index (χ4n) is 0.227. The molecule has 0 aliphatic carbocycles. The summed E-state index contributed by atoms with van der Waals surface area (Å²) in [5, 5.41) is 0. The molecule has 34 valence electrons. The maximum absolute atomic E-state index is 4.58. The summed E-state index contributed by atoms with van der Waals surface area (Å²) in [5.41, 5.74) is 0. The molecule has 0 radical (unpaired) electrons. The van der Waals surface area contributed by atoms with Gasteiger partial charge in [-0.25, -0.2) is 0 Å². The smallest absolute Gasteiger partial charge is 0.0902 e. The summed E-state index contributed by atoms with van der Waals surface area (Å²) in [4.78, 5) is 0. The molecule has 0 saturated heterocycles. The first kappa shape index (κ1) is 6.76. The Morgan fingerprint density at radius 2 is 1.50 bits per heavy atom. The Morgan fingerprint density at radius 1 is 1.00 bits per heavy atom. The molecule has 1 nitrogen and oxygen atoms in total. The molecule has 2 heteroatoms. The molecular formula is C4H4KrO. The third kappa shape index (κ3) is 2.03. The van der Waals surface area contributed by atoms with E-state index < -0.39 is 0 Å². The second-order valence-corrected chi connectivity index (χ2v) is 0.793. The fourth-order valence-corrected chi connectivity index (χ4v) is 0.227. The molecule has 0 spiro atoms. The molecule has 0 bridgehead atoms. The van der Waals surface area contributed by atoms with E-state index in [1.165, 1.54) is 0 Å². The number of hydrogen-bond acceptors (Lipinski definition) is 1. The van der Waals surface area contributed by atoms with Gasteiger partial charge in [0.1, 0.15) is 0 Å². The van der Waals surface area contributed by atoms with Crippen LogP contribution in [-0.2, 0) is 0 Å². The molecule has 1 heterocycles. The van der Waals surface area contributed by atoms with Gasteiger partial charge < -0.3 is 4.42 Å².